The molecule has 1 atom stereocenters. The summed E-state index contributed by atoms with van der Waals surface area (Å²) in [5, 5.41) is 0.253. The molecule has 8 heteroatoms. The number of rotatable bonds is 4. The molecule has 1 aliphatic rings. The first-order valence-corrected chi connectivity index (χ1v) is 8.89. The summed E-state index contributed by atoms with van der Waals surface area (Å²) in [7, 11) is 0. The molecule has 0 aliphatic carbocycles. The SMILES string of the molecule is CC(C)C(=O)N1CCC[C@H](C(=O)N(CC(F)(F)F)c2cccc(Cl)c2)C1. The van der Waals surface area contributed by atoms with Crippen LogP contribution in [0.5, 0.6) is 0 Å². The third-order valence-electron chi connectivity index (χ3n) is 4.30. The molecule has 1 aliphatic heterocycles. The lowest BCUT2D eigenvalue weighted by atomic mass is 9.95. The Morgan fingerprint density at radius 1 is 1.35 bits per heavy atom. The lowest BCUT2D eigenvalue weighted by molar-refractivity contribution is -0.140. The van der Waals surface area contributed by atoms with Crippen LogP contribution in [0.25, 0.3) is 0 Å². The number of carbonyl (C=O) groups is 2. The number of hydrogen-bond donors (Lipinski definition) is 0. The van der Waals surface area contributed by atoms with Gasteiger partial charge in [-0.05, 0) is 31.0 Å². The number of hydrogen-bond acceptors (Lipinski definition) is 2. The predicted molar refractivity (Wildman–Crippen MR) is 94.0 cm³/mol. The van der Waals surface area contributed by atoms with Crippen LogP contribution < -0.4 is 4.90 Å². The molecule has 144 valence electrons. The molecule has 0 spiro atoms. The molecule has 1 heterocycles. The molecule has 0 unspecified atom stereocenters. The van der Waals surface area contributed by atoms with Gasteiger partial charge in [-0.1, -0.05) is 31.5 Å². The maximum Gasteiger partial charge on any atom is 0.406 e. The second-order valence-corrected chi connectivity index (χ2v) is 7.23. The number of piperidine rings is 1. The summed E-state index contributed by atoms with van der Waals surface area (Å²) >= 11 is 5.88. The van der Waals surface area contributed by atoms with Gasteiger partial charge in [0.2, 0.25) is 11.8 Å². The van der Waals surface area contributed by atoms with Gasteiger partial charge in [-0.15, -0.1) is 0 Å². The van der Waals surface area contributed by atoms with E-state index in [9.17, 15) is 22.8 Å². The number of nitrogens with zero attached hydrogens (tertiary/aromatic N) is 2. The van der Waals surface area contributed by atoms with Crippen LogP contribution in [-0.4, -0.2) is 42.5 Å². The van der Waals surface area contributed by atoms with E-state index < -0.39 is 24.5 Å². The zero-order valence-electron chi connectivity index (χ0n) is 14.7. The summed E-state index contributed by atoms with van der Waals surface area (Å²) in [6.07, 6.45) is -3.50. The number of amides is 2. The number of halogens is 4. The van der Waals surface area contributed by atoms with Crippen LogP contribution in [-0.2, 0) is 9.59 Å². The highest BCUT2D eigenvalue weighted by atomic mass is 35.5. The number of anilines is 1. The topological polar surface area (TPSA) is 40.6 Å². The standard InChI is InChI=1S/C18H22ClF3N2O2/c1-12(2)16(25)23-8-4-5-13(10-23)17(26)24(11-18(20,21)22)15-7-3-6-14(19)9-15/h3,6-7,9,12-13H,4-5,8,10-11H2,1-2H3/t13-/m0/s1. The Labute approximate surface area is 155 Å². The number of carbonyl (C=O) groups excluding carboxylic acids is 2. The van der Waals surface area contributed by atoms with Crippen LogP contribution in [0.15, 0.2) is 24.3 Å². The molecule has 2 rings (SSSR count). The fraction of sp³-hybridized carbons (Fsp3) is 0.556. The van der Waals surface area contributed by atoms with Crippen LogP contribution in [0.2, 0.25) is 5.02 Å². The molecule has 0 bridgehead atoms. The molecular formula is C18H22ClF3N2O2. The van der Waals surface area contributed by atoms with Gasteiger partial charge in [0, 0.05) is 29.7 Å². The average molecular weight is 391 g/mol. The van der Waals surface area contributed by atoms with Crippen molar-refractivity contribution in [3.8, 4) is 0 Å². The Morgan fingerprint density at radius 3 is 2.62 bits per heavy atom. The van der Waals surface area contributed by atoms with Crippen molar-refractivity contribution in [3.05, 3.63) is 29.3 Å². The first-order chi connectivity index (χ1) is 12.1. The molecule has 0 radical (unpaired) electrons. The Kier molecular flexibility index (Phi) is 6.55. The van der Waals surface area contributed by atoms with Gasteiger partial charge in [-0.2, -0.15) is 13.2 Å². The van der Waals surface area contributed by atoms with E-state index in [1.807, 2.05) is 0 Å². The molecule has 1 fully saturated rings. The van der Waals surface area contributed by atoms with E-state index in [4.69, 9.17) is 11.6 Å². The Bertz CT molecular complexity index is 664. The van der Waals surface area contributed by atoms with Gasteiger partial charge in [-0.25, -0.2) is 0 Å². The summed E-state index contributed by atoms with van der Waals surface area (Å²) in [4.78, 5) is 27.3. The van der Waals surface area contributed by atoms with Crippen molar-refractivity contribution < 1.29 is 22.8 Å². The summed E-state index contributed by atoms with van der Waals surface area (Å²) in [6.45, 7) is 2.80. The fourth-order valence-electron chi connectivity index (χ4n) is 3.08. The maximum absolute atomic E-state index is 13.0. The third-order valence-corrected chi connectivity index (χ3v) is 4.53. The lowest BCUT2D eigenvalue weighted by Gasteiger charge is -2.36. The molecular weight excluding hydrogens is 369 g/mol. The molecule has 0 aromatic heterocycles. The number of benzene rings is 1. The zero-order chi connectivity index (χ0) is 19.5. The highest BCUT2D eigenvalue weighted by Crippen LogP contribution is 2.28. The number of likely N-dealkylation sites (tertiary alicyclic amines) is 1. The van der Waals surface area contributed by atoms with Gasteiger partial charge < -0.3 is 9.80 Å². The van der Waals surface area contributed by atoms with Gasteiger partial charge in [0.1, 0.15) is 6.54 Å². The summed E-state index contributed by atoms with van der Waals surface area (Å²) in [5.74, 6) is -1.60. The van der Waals surface area contributed by atoms with Crippen molar-refractivity contribution in [1.82, 2.24) is 4.90 Å². The molecule has 0 N–H and O–H groups in total. The Hall–Kier alpha value is -1.76. The van der Waals surface area contributed by atoms with Crippen LogP contribution in [0, 0.1) is 11.8 Å². The Morgan fingerprint density at radius 2 is 2.04 bits per heavy atom. The fourth-order valence-corrected chi connectivity index (χ4v) is 3.27. The minimum atomic E-state index is -4.54. The largest absolute Gasteiger partial charge is 0.406 e. The zero-order valence-corrected chi connectivity index (χ0v) is 15.5. The molecule has 26 heavy (non-hydrogen) atoms. The second-order valence-electron chi connectivity index (χ2n) is 6.80. The van der Waals surface area contributed by atoms with Crippen molar-refractivity contribution in [2.24, 2.45) is 11.8 Å². The van der Waals surface area contributed by atoms with E-state index in [1.54, 1.807) is 18.7 Å². The first kappa shape index (κ1) is 20.6. The van der Waals surface area contributed by atoms with Crippen LogP contribution in [0.3, 0.4) is 0 Å². The monoisotopic (exact) mass is 390 g/mol. The molecule has 1 aromatic carbocycles. The number of alkyl halides is 3. The smallest absolute Gasteiger partial charge is 0.342 e. The van der Waals surface area contributed by atoms with E-state index in [0.29, 0.717) is 19.4 Å². The predicted octanol–water partition coefficient (Wildman–Crippen LogP) is 4.13. The van der Waals surface area contributed by atoms with Gasteiger partial charge in [0.15, 0.2) is 0 Å². The summed E-state index contributed by atoms with van der Waals surface area (Å²) in [5.41, 5.74) is 0.104. The molecule has 1 saturated heterocycles. The van der Waals surface area contributed by atoms with Crippen molar-refractivity contribution in [1.29, 1.82) is 0 Å². The minimum absolute atomic E-state index is 0.0902. The lowest BCUT2D eigenvalue weighted by Crippen LogP contribution is -2.49. The van der Waals surface area contributed by atoms with Crippen molar-refractivity contribution in [2.75, 3.05) is 24.5 Å². The summed E-state index contributed by atoms with van der Waals surface area (Å²) < 4.78 is 39.1. The van der Waals surface area contributed by atoms with Gasteiger partial charge in [0.25, 0.3) is 0 Å². The highest BCUT2D eigenvalue weighted by Gasteiger charge is 2.38. The van der Waals surface area contributed by atoms with E-state index in [2.05, 4.69) is 0 Å². The average Bonchev–Trinajstić information content (AvgIpc) is 2.57. The third kappa shape index (κ3) is 5.37. The first-order valence-electron chi connectivity index (χ1n) is 8.51. The van der Waals surface area contributed by atoms with Gasteiger partial charge in [-0.3, -0.25) is 9.59 Å². The van der Waals surface area contributed by atoms with E-state index in [0.717, 1.165) is 4.90 Å². The summed E-state index contributed by atoms with van der Waals surface area (Å²) in [6, 6.07) is 5.80. The quantitative estimate of drug-likeness (QED) is 0.775. The van der Waals surface area contributed by atoms with Crippen molar-refractivity contribution in [2.45, 2.75) is 32.9 Å². The molecule has 4 nitrogen and oxygen atoms in total. The second kappa shape index (κ2) is 8.29. The van der Waals surface area contributed by atoms with Gasteiger partial charge in [0.05, 0.1) is 5.92 Å². The van der Waals surface area contributed by atoms with Crippen LogP contribution >= 0.6 is 11.6 Å². The van der Waals surface area contributed by atoms with Crippen molar-refractivity contribution in [3.63, 3.8) is 0 Å². The molecule has 2 amide bonds. The van der Waals surface area contributed by atoms with E-state index >= 15 is 0 Å². The van der Waals surface area contributed by atoms with Crippen LogP contribution in [0.4, 0.5) is 18.9 Å². The van der Waals surface area contributed by atoms with Crippen LogP contribution in [0.1, 0.15) is 26.7 Å². The van der Waals surface area contributed by atoms with Gasteiger partial charge >= 0.3 is 6.18 Å². The van der Waals surface area contributed by atoms with E-state index in [-0.39, 0.29) is 29.1 Å². The van der Waals surface area contributed by atoms with Crippen molar-refractivity contribution >= 4 is 29.1 Å². The Balaban J connectivity index is 2.24. The molecule has 1 aromatic rings. The highest BCUT2D eigenvalue weighted by molar-refractivity contribution is 6.30. The molecule has 0 saturated carbocycles. The minimum Gasteiger partial charge on any atom is -0.342 e. The maximum atomic E-state index is 13.0. The van der Waals surface area contributed by atoms with E-state index in [1.165, 1.54) is 24.3 Å². The normalized spacial score (nSPS) is 18.1.